The molecule has 0 spiro atoms. The van der Waals surface area contributed by atoms with Gasteiger partial charge in [0, 0.05) is 39.5 Å². The number of fused-ring (bicyclic) bond motifs is 4. The van der Waals surface area contributed by atoms with Gasteiger partial charge in [-0.25, -0.2) is 0 Å². The molecule has 0 radical (unpaired) electrons. The lowest BCUT2D eigenvalue weighted by atomic mass is 9.30. The summed E-state index contributed by atoms with van der Waals surface area (Å²) < 4.78 is 86.5. The summed E-state index contributed by atoms with van der Waals surface area (Å²) >= 11 is 0. The normalized spacial score (nSPS) is 17.1. The van der Waals surface area contributed by atoms with Gasteiger partial charge in [-0.15, -0.1) is 0 Å². The van der Waals surface area contributed by atoms with Gasteiger partial charge in [-0.1, -0.05) is 103 Å². The Morgan fingerprint density at radius 2 is 1.24 bits per heavy atom. The molecule has 0 fully saturated rings. The molecule has 0 unspecified atom stereocenters. The first-order valence-corrected chi connectivity index (χ1v) is 15.2. The van der Waals surface area contributed by atoms with Gasteiger partial charge in [0.05, 0.1) is 13.7 Å². The first kappa shape index (κ1) is 18.7. The molecule has 2 aliphatic heterocycles. The van der Waals surface area contributed by atoms with Gasteiger partial charge in [0.2, 0.25) is 6.71 Å². The van der Waals surface area contributed by atoms with Gasteiger partial charge < -0.3 is 9.80 Å². The van der Waals surface area contributed by atoms with Crippen molar-refractivity contribution < 1.29 is 13.7 Å². The Morgan fingerprint density at radius 3 is 1.91 bits per heavy atom. The van der Waals surface area contributed by atoms with E-state index in [1.807, 2.05) is 12.1 Å². The van der Waals surface area contributed by atoms with E-state index in [2.05, 4.69) is 94.1 Å². The van der Waals surface area contributed by atoms with Gasteiger partial charge in [0.25, 0.3) is 0 Å². The molecule has 0 bridgehead atoms. The van der Waals surface area contributed by atoms with Crippen LogP contribution in [0.4, 0.5) is 34.1 Å². The van der Waals surface area contributed by atoms with E-state index >= 15 is 0 Å². The quantitative estimate of drug-likeness (QED) is 0.189. The molecule has 0 aromatic heterocycles. The Morgan fingerprint density at radius 1 is 0.622 bits per heavy atom. The van der Waals surface area contributed by atoms with E-state index in [1.54, 1.807) is 6.07 Å². The summed E-state index contributed by atoms with van der Waals surface area (Å²) in [6.07, 6.45) is 0. The van der Waals surface area contributed by atoms with E-state index in [1.165, 1.54) is 15.9 Å². The first-order chi connectivity index (χ1) is 26.0. The van der Waals surface area contributed by atoms with E-state index in [9.17, 15) is 0 Å². The summed E-state index contributed by atoms with van der Waals surface area (Å²) in [5.74, 6) is 0. The smallest absolute Gasteiger partial charge is 0.247 e. The van der Waals surface area contributed by atoms with Crippen LogP contribution in [0.3, 0.4) is 0 Å². The Bertz CT molecular complexity index is 2510. The number of anilines is 6. The standard InChI is InChI=1S/C42H37BN2/c1-28-16-20-33(21-17-28)45-38-24-18-29(2)26-37(38)43-36-23-22-34(44(31-12-8-6-9-13-31)32-14-10-7-11-15-32)27-35(36)42(4,5)40-30(3)19-25-39(45)41(40)43/h6-27H,1-5H3/i6D,7D,8D,9D,10D,11D,12D,13D,14D,15D. The number of rotatable bonds is 4. The van der Waals surface area contributed by atoms with Gasteiger partial charge in [-0.3, -0.25) is 0 Å². The van der Waals surface area contributed by atoms with E-state index in [0.717, 1.165) is 50.2 Å². The summed E-state index contributed by atoms with van der Waals surface area (Å²) in [6, 6.07) is 19.2. The average molecular weight is 591 g/mol. The Kier molecular flexibility index (Phi) is 4.27. The third-order valence-electron chi connectivity index (χ3n) is 9.31. The Labute approximate surface area is 281 Å². The van der Waals surface area contributed by atoms with Crippen molar-refractivity contribution in [1.82, 2.24) is 0 Å². The molecule has 2 nitrogen and oxygen atoms in total. The van der Waals surface area contributed by atoms with Crippen LogP contribution in [0.1, 0.15) is 55.4 Å². The second-order valence-corrected chi connectivity index (χ2v) is 12.5. The predicted molar refractivity (Wildman–Crippen MR) is 193 cm³/mol. The fourth-order valence-corrected chi connectivity index (χ4v) is 7.41. The molecule has 218 valence electrons. The molecule has 0 N–H and O–H groups in total. The van der Waals surface area contributed by atoms with E-state index in [4.69, 9.17) is 13.7 Å². The lowest BCUT2D eigenvalue weighted by molar-refractivity contribution is 0.641. The maximum absolute atomic E-state index is 8.97. The minimum atomic E-state index is -0.636. The van der Waals surface area contributed by atoms with Crippen molar-refractivity contribution in [2.75, 3.05) is 9.80 Å². The molecule has 8 rings (SSSR count). The molecule has 6 aromatic rings. The monoisotopic (exact) mass is 590 g/mol. The Balaban J connectivity index is 1.45. The summed E-state index contributed by atoms with van der Waals surface area (Å²) in [5.41, 5.74) is 11.0. The molecule has 2 heterocycles. The van der Waals surface area contributed by atoms with Crippen LogP contribution in [0.25, 0.3) is 0 Å². The number of benzene rings is 6. The number of hydrogen-bond acceptors (Lipinski definition) is 2. The van der Waals surface area contributed by atoms with Gasteiger partial charge in [0.15, 0.2) is 0 Å². The third-order valence-corrected chi connectivity index (χ3v) is 9.31. The molecule has 0 saturated carbocycles. The van der Waals surface area contributed by atoms with Gasteiger partial charge >= 0.3 is 0 Å². The van der Waals surface area contributed by atoms with Crippen LogP contribution >= 0.6 is 0 Å². The number of nitrogens with zero attached hydrogens (tertiary/aromatic N) is 2. The van der Waals surface area contributed by atoms with Crippen molar-refractivity contribution in [3.8, 4) is 0 Å². The molecule has 0 atom stereocenters. The van der Waals surface area contributed by atoms with Crippen LogP contribution in [0.2, 0.25) is 0 Å². The van der Waals surface area contributed by atoms with Gasteiger partial charge in [0.1, 0.15) is 0 Å². The zero-order valence-corrected chi connectivity index (χ0v) is 25.9. The van der Waals surface area contributed by atoms with Crippen LogP contribution in [-0.2, 0) is 5.41 Å². The molecular formula is C42H37BN2. The molecule has 6 aromatic carbocycles. The highest BCUT2D eigenvalue weighted by Crippen LogP contribution is 2.45. The number of aryl methyl sites for hydroxylation is 3. The summed E-state index contributed by atoms with van der Waals surface area (Å²) in [6.45, 7) is 10.4. The lowest BCUT2D eigenvalue weighted by Crippen LogP contribution is -2.64. The molecule has 0 saturated heterocycles. The number of hydrogen-bond donors (Lipinski definition) is 0. The van der Waals surface area contributed by atoms with Crippen LogP contribution in [0.5, 0.6) is 0 Å². The second-order valence-electron chi connectivity index (χ2n) is 12.5. The lowest BCUT2D eigenvalue weighted by Gasteiger charge is -2.46. The largest absolute Gasteiger partial charge is 0.312 e. The minimum absolute atomic E-state index is 0.187. The highest BCUT2D eigenvalue weighted by molar-refractivity contribution is 6.99. The SMILES string of the molecule is [2H]c1c([2H])c([2H])c(N(c2ccc3c(c2)C(C)(C)c2c(C)ccc4c2B3c2cc(C)ccc2N4c2ccc(C)cc2)c2c([2H])c([2H])c([2H])c([2H])c2[2H])c([2H])c1[2H]. The van der Waals surface area contributed by atoms with E-state index in [-0.39, 0.29) is 18.1 Å². The first-order valence-electron chi connectivity index (χ1n) is 20.2. The van der Waals surface area contributed by atoms with E-state index < -0.39 is 65.8 Å². The van der Waals surface area contributed by atoms with E-state index in [0.29, 0.717) is 5.69 Å². The zero-order chi connectivity index (χ0) is 39.6. The fraction of sp³-hybridized carbons (Fsp3) is 0.143. The van der Waals surface area contributed by atoms with Gasteiger partial charge in [-0.2, -0.15) is 0 Å². The highest BCUT2D eigenvalue weighted by Gasteiger charge is 2.46. The summed E-state index contributed by atoms with van der Waals surface area (Å²) in [4.78, 5) is 3.57. The molecule has 45 heavy (non-hydrogen) atoms. The van der Waals surface area contributed by atoms with Crippen molar-refractivity contribution in [2.24, 2.45) is 0 Å². The van der Waals surface area contributed by atoms with Crippen LogP contribution in [0, 0.1) is 20.8 Å². The van der Waals surface area contributed by atoms with Crippen molar-refractivity contribution in [3.63, 3.8) is 0 Å². The second kappa shape index (κ2) is 10.3. The minimum Gasteiger partial charge on any atom is -0.312 e. The molecule has 0 amide bonds. The van der Waals surface area contributed by atoms with Crippen molar-refractivity contribution in [3.05, 3.63) is 161 Å². The Hall–Kier alpha value is -5.02. The van der Waals surface area contributed by atoms with Crippen molar-refractivity contribution >= 4 is 57.2 Å². The number of para-hydroxylation sites is 2. The molecule has 3 heteroatoms. The average Bonchev–Trinajstić information content (AvgIpc) is 3.16. The predicted octanol–water partition coefficient (Wildman–Crippen LogP) is 9.02. The van der Waals surface area contributed by atoms with Crippen molar-refractivity contribution in [2.45, 2.75) is 40.0 Å². The summed E-state index contributed by atoms with van der Waals surface area (Å²) in [5, 5.41) is 0. The highest BCUT2D eigenvalue weighted by atomic mass is 15.2. The topological polar surface area (TPSA) is 6.48 Å². The van der Waals surface area contributed by atoms with Crippen LogP contribution < -0.4 is 26.2 Å². The molecule has 2 aliphatic rings. The molecule has 0 aliphatic carbocycles. The summed E-state index contributed by atoms with van der Waals surface area (Å²) in [7, 11) is 0. The third kappa shape index (κ3) is 4.25. The van der Waals surface area contributed by atoms with Crippen molar-refractivity contribution in [1.29, 1.82) is 0 Å². The fourth-order valence-electron chi connectivity index (χ4n) is 7.41. The maximum atomic E-state index is 8.97. The van der Waals surface area contributed by atoms with Gasteiger partial charge in [-0.05, 0) is 109 Å². The van der Waals surface area contributed by atoms with Crippen LogP contribution in [0.15, 0.2) is 133 Å². The maximum Gasteiger partial charge on any atom is 0.247 e. The van der Waals surface area contributed by atoms with Crippen LogP contribution in [-0.4, -0.2) is 6.71 Å². The molecular weight excluding hydrogens is 543 g/mol. The zero-order valence-electron chi connectivity index (χ0n) is 35.9.